The molecule has 0 radical (unpaired) electrons. The molecule has 4 amide bonds. The van der Waals surface area contributed by atoms with E-state index < -0.39 is 30.1 Å². The lowest BCUT2D eigenvalue weighted by Crippen LogP contribution is -2.48. The maximum absolute atomic E-state index is 12.8. The molecule has 170 valence electrons. The molecule has 3 rings (SSSR count). The maximum Gasteiger partial charge on any atom is 0.471 e. The molecule has 1 aromatic heterocycles. The van der Waals surface area contributed by atoms with Crippen molar-refractivity contribution in [2.75, 3.05) is 29.6 Å². The Hall–Kier alpha value is -3.90. The van der Waals surface area contributed by atoms with E-state index in [-0.39, 0.29) is 42.3 Å². The third kappa shape index (κ3) is 5.42. The Labute approximate surface area is 180 Å². The predicted molar refractivity (Wildman–Crippen MR) is 107 cm³/mol. The Bertz CT molecular complexity index is 1000. The number of nitrogens with zero attached hydrogens (tertiary/aromatic N) is 3. The first kappa shape index (κ1) is 22.8. The quantitative estimate of drug-likeness (QED) is 0.641. The van der Waals surface area contributed by atoms with Gasteiger partial charge in [0.25, 0.3) is 0 Å². The third-order valence-electron chi connectivity index (χ3n) is 4.58. The number of carbonyl (C=O) groups excluding carboxylic acids is 3. The molecule has 13 heteroatoms. The Morgan fingerprint density at radius 1 is 1.16 bits per heavy atom. The number of aromatic nitrogens is 2. The molecule has 1 aliphatic rings. The average molecular weight is 452 g/mol. The van der Waals surface area contributed by atoms with E-state index in [1.807, 2.05) is 0 Å². The molecule has 0 spiro atoms. The lowest BCUT2D eigenvalue weighted by atomic mass is 10.2. The minimum Gasteiger partial charge on any atom is -0.495 e. The van der Waals surface area contributed by atoms with Crippen LogP contribution in [-0.2, 0) is 9.59 Å². The Balaban J connectivity index is 1.71. The predicted octanol–water partition coefficient (Wildman–Crippen LogP) is 2.62. The highest BCUT2D eigenvalue weighted by molar-refractivity contribution is 6.02. The lowest BCUT2D eigenvalue weighted by molar-refractivity contribution is -0.186. The van der Waals surface area contributed by atoms with Crippen molar-refractivity contribution in [2.24, 2.45) is 0 Å². The molecule has 1 unspecified atom stereocenters. The van der Waals surface area contributed by atoms with Gasteiger partial charge in [0, 0.05) is 24.6 Å². The zero-order valence-corrected chi connectivity index (χ0v) is 16.8. The first-order chi connectivity index (χ1) is 15.2. The van der Waals surface area contributed by atoms with Gasteiger partial charge in [-0.2, -0.15) is 13.2 Å². The number of nitrogens with one attached hydrogen (secondary N) is 3. The number of ether oxygens (including phenoxy) is 1. The van der Waals surface area contributed by atoms with E-state index in [4.69, 9.17) is 4.74 Å². The molecular formula is C19H19F3N6O4. The zero-order valence-electron chi connectivity index (χ0n) is 16.8. The summed E-state index contributed by atoms with van der Waals surface area (Å²) in [6, 6.07) is 2.37. The SMILES string of the molecule is COc1ccc(NC(=O)C2CCCN2C(=O)C(F)(F)F)cc1NC(=O)Nc1cnccn1. The van der Waals surface area contributed by atoms with E-state index in [0.717, 1.165) is 0 Å². The third-order valence-corrected chi connectivity index (χ3v) is 4.58. The molecule has 1 aromatic carbocycles. The van der Waals surface area contributed by atoms with Gasteiger partial charge >= 0.3 is 18.1 Å². The van der Waals surface area contributed by atoms with Crippen molar-refractivity contribution in [3.05, 3.63) is 36.8 Å². The molecule has 10 nitrogen and oxygen atoms in total. The molecule has 2 aromatic rings. The van der Waals surface area contributed by atoms with Crippen molar-refractivity contribution in [2.45, 2.75) is 25.1 Å². The summed E-state index contributed by atoms with van der Waals surface area (Å²) in [7, 11) is 1.37. The first-order valence-electron chi connectivity index (χ1n) is 9.39. The van der Waals surface area contributed by atoms with Gasteiger partial charge in [-0.25, -0.2) is 9.78 Å². The molecule has 3 N–H and O–H groups in total. The number of carbonyl (C=O) groups is 3. The summed E-state index contributed by atoms with van der Waals surface area (Å²) in [5.74, 6) is -2.34. The van der Waals surface area contributed by atoms with Crippen LogP contribution in [0.4, 0.5) is 35.2 Å². The van der Waals surface area contributed by atoms with Gasteiger partial charge in [0.05, 0.1) is 19.0 Å². The number of likely N-dealkylation sites (tertiary alicyclic amines) is 1. The van der Waals surface area contributed by atoms with Crippen molar-refractivity contribution in [1.29, 1.82) is 0 Å². The Morgan fingerprint density at radius 2 is 1.94 bits per heavy atom. The second-order valence-corrected chi connectivity index (χ2v) is 6.73. The topological polar surface area (TPSA) is 126 Å². The van der Waals surface area contributed by atoms with Crippen LogP contribution in [-0.4, -0.2) is 58.6 Å². The number of anilines is 3. The van der Waals surface area contributed by atoms with Gasteiger partial charge in [-0.1, -0.05) is 0 Å². The number of benzene rings is 1. The van der Waals surface area contributed by atoms with E-state index in [2.05, 4.69) is 25.9 Å². The highest BCUT2D eigenvalue weighted by Gasteiger charge is 2.47. The van der Waals surface area contributed by atoms with E-state index >= 15 is 0 Å². The van der Waals surface area contributed by atoms with Gasteiger partial charge in [-0.15, -0.1) is 0 Å². The van der Waals surface area contributed by atoms with E-state index in [1.165, 1.54) is 43.9 Å². The molecule has 1 aliphatic heterocycles. The Kier molecular flexibility index (Phi) is 6.76. The number of rotatable bonds is 5. The number of urea groups is 1. The summed E-state index contributed by atoms with van der Waals surface area (Å²) in [5, 5.41) is 7.48. The van der Waals surface area contributed by atoms with E-state index in [1.54, 1.807) is 0 Å². The summed E-state index contributed by atoms with van der Waals surface area (Å²) < 4.78 is 43.5. The second kappa shape index (κ2) is 9.49. The fraction of sp³-hybridized carbons (Fsp3) is 0.316. The Morgan fingerprint density at radius 3 is 2.59 bits per heavy atom. The molecule has 0 saturated carbocycles. The molecule has 32 heavy (non-hydrogen) atoms. The summed E-state index contributed by atoms with van der Waals surface area (Å²) in [6.07, 6.45) is -0.513. The monoisotopic (exact) mass is 452 g/mol. The molecule has 0 bridgehead atoms. The molecule has 2 heterocycles. The van der Waals surface area contributed by atoms with Crippen molar-refractivity contribution in [3.8, 4) is 5.75 Å². The van der Waals surface area contributed by atoms with E-state index in [9.17, 15) is 27.6 Å². The van der Waals surface area contributed by atoms with Gasteiger partial charge in [0.1, 0.15) is 11.8 Å². The minimum absolute atomic E-state index is 0.107. The van der Waals surface area contributed by atoms with Gasteiger partial charge in [-0.3, -0.25) is 19.9 Å². The molecule has 0 aliphatic carbocycles. The fourth-order valence-corrected chi connectivity index (χ4v) is 3.19. The minimum atomic E-state index is -5.06. The highest BCUT2D eigenvalue weighted by Crippen LogP contribution is 2.30. The van der Waals surface area contributed by atoms with Crippen molar-refractivity contribution in [3.63, 3.8) is 0 Å². The van der Waals surface area contributed by atoms with Crippen LogP contribution in [0.5, 0.6) is 5.75 Å². The van der Waals surface area contributed by atoms with Crippen LogP contribution in [0.15, 0.2) is 36.8 Å². The molecule has 1 fully saturated rings. The summed E-state index contributed by atoms with van der Waals surface area (Å²) in [6.45, 7) is -0.158. The van der Waals surface area contributed by atoms with E-state index in [0.29, 0.717) is 4.90 Å². The standard InChI is InChI=1S/C19H19F3N6O4/c1-32-14-5-4-11(9-12(14)26-18(31)27-15-10-23-6-7-24-15)25-16(29)13-3-2-8-28(13)17(30)19(20,21)22/h4-7,9-10,13H,2-3,8H2,1H3,(H,25,29)(H2,24,26,27,31). The number of hydrogen-bond acceptors (Lipinski definition) is 6. The summed E-state index contributed by atoms with van der Waals surface area (Å²) in [5.41, 5.74) is 0.373. The van der Waals surface area contributed by atoms with Crippen molar-refractivity contribution in [1.82, 2.24) is 14.9 Å². The second-order valence-electron chi connectivity index (χ2n) is 6.73. The summed E-state index contributed by atoms with van der Waals surface area (Å²) >= 11 is 0. The van der Waals surface area contributed by atoms with Crippen LogP contribution < -0.4 is 20.7 Å². The normalized spacial score (nSPS) is 15.8. The van der Waals surface area contributed by atoms with Gasteiger partial charge in [0.15, 0.2) is 5.82 Å². The van der Waals surface area contributed by atoms with Gasteiger partial charge < -0.3 is 20.3 Å². The zero-order chi connectivity index (χ0) is 23.3. The molecular weight excluding hydrogens is 433 g/mol. The molecule has 1 atom stereocenters. The highest BCUT2D eigenvalue weighted by atomic mass is 19.4. The largest absolute Gasteiger partial charge is 0.495 e. The van der Waals surface area contributed by atoms with Crippen LogP contribution in [0.25, 0.3) is 0 Å². The number of amides is 4. The lowest BCUT2D eigenvalue weighted by Gasteiger charge is -2.24. The van der Waals surface area contributed by atoms with Gasteiger partial charge in [0.2, 0.25) is 5.91 Å². The van der Waals surface area contributed by atoms with Crippen LogP contribution in [0.1, 0.15) is 12.8 Å². The van der Waals surface area contributed by atoms with Crippen LogP contribution in [0.3, 0.4) is 0 Å². The number of methoxy groups -OCH3 is 1. The van der Waals surface area contributed by atoms with Crippen molar-refractivity contribution >= 4 is 35.0 Å². The molecule has 1 saturated heterocycles. The van der Waals surface area contributed by atoms with Crippen LogP contribution in [0, 0.1) is 0 Å². The van der Waals surface area contributed by atoms with Gasteiger partial charge in [-0.05, 0) is 31.0 Å². The van der Waals surface area contributed by atoms with Crippen LogP contribution >= 0.6 is 0 Å². The number of hydrogen-bond donors (Lipinski definition) is 3. The fourth-order valence-electron chi connectivity index (χ4n) is 3.19. The number of halogens is 3. The first-order valence-corrected chi connectivity index (χ1v) is 9.39. The number of alkyl halides is 3. The van der Waals surface area contributed by atoms with Crippen LogP contribution in [0.2, 0.25) is 0 Å². The smallest absolute Gasteiger partial charge is 0.471 e. The summed E-state index contributed by atoms with van der Waals surface area (Å²) in [4.78, 5) is 44.6. The van der Waals surface area contributed by atoms with Crippen molar-refractivity contribution < 1.29 is 32.3 Å². The maximum atomic E-state index is 12.8. The average Bonchev–Trinajstić information content (AvgIpc) is 3.23.